The van der Waals surface area contributed by atoms with Crippen LogP contribution in [0.15, 0.2) is 47.1 Å². The molecule has 1 aliphatic heterocycles. The number of para-hydroxylation sites is 1. The second kappa shape index (κ2) is 5.14. The Morgan fingerprint density at radius 3 is 2.95 bits per heavy atom. The molecule has 0 spiro atoms. The van der Waals surface area contributed by atoms with Crippen LogP contribution in [0.25, 0.3) is 0 Å². The Bertz CT molecular complexity index is 814. The van der Waals surface area contributed by atoms with Gasteiger partial charge in [-0.3, -0.25) is 0 Å². The maximum atomic E-state index is 5.05. The molecule has 1 aromatic carbocycles. The summed E-state index contributed by atoms with van der Waals surface area (Å²) in [5.41, 5.74) is 2.51. The third kappa shape index (κ3) is 2.28. The summed E-state index contributed by atoms with van der Waals surface area (Å²) in [6.07, 6.45) is 2.76. The number of nitrogens with one attached hydrogen (secondary N) is 1. The highest BCUT2D eigenvalue weighted by Crippen LogP contribution is 2.32. The van der Waals surface area contributed by atoms with Crippen molar-refractivity contribution in [2.24, 2.45) is 0 Å². The fourth-order valence-corrected chi connectivity index (χ4v) is 2.65. The molecular weight excluding hydrogens is 278 g/mol. The molecule has 0 atom stereocenters. The zero-order valence-electron chi connectivity index (χ0n) is 12.2. The van der Waals surface area contributed by atoms with Gasteiger partial charge in [0.2, 0.25) is 5.95 Å². The van der Waals surface area contributed by atoms with E-state index >= 15 is 0 Å². The van der Waals surface area contributed by atoms with Gasteiger partial charge in [0.1, 0.15) is 11.6 Å². The zero-order chi connectivity index (χ0) is 14.9. The minimum atomic E-state index is 0.643. The van der Waals surface area contributed by atoms with Crippen molar-refractivity contribution in [1.29, 1.82) is 0 Å². The van der Waals surface area contributed by atoms with Crippen LogP contribution in [0, 0.1) is 6.92 Å². The fraction of sp³-hybridized carbons (Fsp3) is 0.188. The molecule has 0 fully saturated rings. The molecule has 3 aromatic rings. The van der Waals surface area contributed by atoms with Gasteiger partial charge >= 0.3 is 0 Å². The fourth-order valence-electron chi connectivity index (χ4n) is 2.65. The molecule has 0 bridgehead atoms. The number of hydrogen-bond donors (Lipinski definition) is 1. The van der Waals surface area contributed by atoms with Crippen molar-refractivity contribution in [3.8, 4) is 0 Å². The van der Waals surface area contributed by atoms with Crippen LogP contribution in [0.2, 0.25) is 0 Å². The first-order valence-electron chi connectivity index (χ1n) is 7.18. The van der Waals surface area contributed by atoms with E-state index in [1.54, 1.807) is 6.20 Å². The Morgan fingerprint density at radius 2 is 2.09 bits per heavy atom. The lowest BCUT2D eigenvalue weighted by molar-refractivity contribution is 0.400. The molecule has 0 amide bonds. The van der Waals surface area contributed by atoms with Crippen molar-refractivity contribution in [3.05, 3.63) is 53.9 Å². The van der Waals surface area contributed by atoms with E-state index in [1.165, 1.54) is 11.3 Å². The highest BCUT2D eigenvalue weighted by atomic mass is 16.5. The largest absolute Gasteiger partial charge is 0.360 e. The van der Waals surface area contributed by atoms with Gasteiger partial charge in [0.25, 0.3) is 0 Å². The molecule has 2 aromatic heterocycles. The number of rotatable bonds is 3. The number of fused-ring (bicyclic) bond motifs is 1. The van der Waals surface area contributed by atoms with Crippen molar-refractivity contribution in [2.45, 2.75) is 13.3 Å². The molecule has 1 aliphatic rings. The molecule has 6 heteroatoms. The standard InChI is InChI=1S/C16H15N5O/c1-11-10-15(20-22-11)18-14-6-8-17-16(19-14)21-9-7-12-4-2-3-5-13(12)21/h2-6,8,10H,7,9H2,1H3,(H,17,18,19,20). The van der Waals surface area contributed by atoms with E-state index in [4.69, 9.17) is 4.52 Å². The molecule has 3 heterocycles. The maximum absolute atomic E-state index is 5.05. The lowest BCUT2D eigenvalue weighted by Crippen LogP contribution is -2.16. The van der Waals surface area contributed by atoms with Crippen LogP contribution in [-0.2, 0) is 6.42 Å². The topological polar surface area (TPSA) is 67.1 Å². The van der Waals surface area contributed by atoms with Gasteiger partial charge in [0, 0.05) is 24.5 Å². The second-order valence-electron chi connectivity index (χ2n) is 5.22. The molecule has 6 nitrogen and oxygen atoms in total. The molecule has 0 saturated heterocycles. The van der Waals surface area contributed by atoms with Crippen molar-refractivity contribution < 1.29 is 4.52 Å². The molecule has 4 rings (SSSR count). The maximum Gasteiger partial charge on any atom is 0.231 e. The number of aromatic nitrogens is 3. The number of aryl methyl sites for hydroxylation is 1. The molecule has 0 radical (unpaired) electrons. The van der Waals surface area contributed by atoms with Gasteiger partial charge in [0.05, 0.1) is 0 Å². The van der Waals surface area contributed by atoms with Crippen LogP contribution in [0.4, 0.5) is 23.3 Å². The number of hydrogen-bond acceptors (Lipinski definition) is 6. The van der Waals surface area contributed by atoms with E-state index in [-0.39, 0.29) is 0 Å². The highest BCUT2D eigenvalue weighted by molar-refractivity contribution is 5.66. The van der Waals surface area contributed by atoms with E-state index in [0.29, 0.717) is 17.6 Å². The quantitative estimate of drug-likeness (QED) is 0.799. The van der Waals surface area contributed by atoms with E-state index < -0.39 is 0 Å². The second-order valence-corrected chi connectivity index (χ2v) is 5.22. The summed E-state index contributed by atoms with van der Waals surface area (Å²) in [5.74, 6) is 2.78. The molecule has 0 aliphatic carbocycles. The SMILES string of the molecule is Cc1cc(Nc2ccnc(N3CCc4ccccc43)n2)no1. The summed E-state index contributed by atoms with van der Waals surface area (Å²) >= 11 is 0. The van der Waals surface area contributed by atoms with Crippen LogP contribution in [-0.4, -0.2) is 21.7 Å². The first kappa shape index (κ1) is 12.8. The van der Waals surface area contributed by atoms with E-state index in [2.05, 4.69) is 43.5 Å². The Kier molecular flexibility index (Phi) is 3.00. The van der Waals surface area contributed by atoms with Crippen molar-refractivity contribution in [3.63, 3.8) is 0 Å². The van der Waals surface area contributed by atoms with Crippen LogP contribution in [0.5, 0.6) is 0 Å². The Labute approximate surface area is 127 Å². The minimum Gasteiger partial charge on any atom is -0.360 e. The van der Waals surface area contributed by atoms with Crippen LogP contribution in [0.1, 0.15) is 11.3 Å². The summed E-state index contributed by atoms with van der Waals surface area (Å²) < 4.78 is 5.05. The molecule has 0 unspecified atom stereocenters. The average molecular weight is 293 g/mol. The minimum absolute atomic E-state index is 0.643. The summed E-state index contributed by atoms with van der Waals surface area (Å²) in [7, 11) is 0. The highest BCUT2D eigenvalue weighted by Gasteiger charge is 2.21. The van der Waals surface area contributed by atoms with E-state index in [0.717, 1.165) is 18.7 Å². The molecule has 22 heavy (non-hydrogen) atoms. The van der Waals surface area contributed by atoms with E-state index in [1.807, 2.05) is 25.1 Å². The summed E-state index contributed by atoms with van der Waals surface area (Å²) in [6.45, 7) is 2.75. The number of benzene rings is 1. The molecule has 0 saturated carbocycles. The van der Waals surface area contributed by atoms with Gasteiger partial charge in [0.15, 0.2) is 5.82 Å². The molecule has 1 N–H and O–H groups in total. The predicted octanol–water partition coefficient (Wildman–Crippen LogP) is 3.21. The lowest BCUT2D eigenvalue weighted by atomic mass is 10.2. The van der Waals surface area contributed by atoms with Gasteiger partial charge in [-0.25, -0.2) is 4.98 Å². The van der Waals surface area contributed by atoms with Crippen LogP contribution in [0.3, 0.4) is 0 Å². The molecular formula is C16H15N5O. The van der Waals surface area contributed by atoms with Gasteiger partial charge < -0.3 is 14.7 Å². The summed E-state index contributed by atoms with van der Waals surface area (Å²) in [5, 5.41) is 7.04. The summed E-state index contributed by atoms with van der Waals surface area (Å²) in [6, 6.07) is 12.0. The van der Waals surface area contributed by atoms with Crippen LogP contribution < -0.4 is 10.2 Å². The van der Waals surface area contributed by atoms with Gasteiger partial charge in [-0.1, -0.05) is 23.4 Å². The van der Waals surface area contributed by atoms with Gasteiger partial charge in [-0.2, -0.15) is 4.98 Å². The smallest absolute Gasteiger partial charge is 0.231 e. The van der Waals surface area contributed by atoms with Crippen molar-refractivity contribution >= 4 is 23.3 Å². The first-order chi connectivity index (χ1) is 10.8. The van der Waals surface area contributed by atoms with Gasteiger partial charge in [-0.05, 0) is 31.0 Å². The zero-order valence-corrected chi connectivity index (χ0v) is 12.2. The van der Waals surface area contributed by atoms with E-state index in [9.17, 15) is 0 Å². The van der Waals surface area contributed by atoms with Crippen LogP contribution >= 0.6 is 0 Å². The third-order valence-corrected chi connectivity index (χ3v) is 3.66. The normalized spacial score (nSPS) is 13.2. The Hall–Kier alpha value is -2.89. The lowest BCUT2D eigenvalue weighted by Gasteiger charge is -2.17. The number of nitrogens with zero attached hydrogens (tertiary/aromatic N) is 4. The van der Waals surface area contributed by atoms with Crippen molar-refractivity contribution in [1.82, 2.24) is 15.1 Å². The average Bonchev–Trinajstić information content (AvgIpc) is 3.14. The number of anilines is 4. The first-order valence-corrected chi connectivity index (χ1v) is 7.18. The van der Waals surface area contributed by atoms with Gasteiger partial charge in [-0.15, -0.1) is 0 Å². The van der Waals surface area contributed by atoms with Crippen molar-refractivity contribution in [2.75, 3.05) is 16.8 Å². The third-order valence-electron chi connectivity index (χ3n) is 3.66. The predicted molar refractivity (Wildman–Crippen MR) is 83.7 cm³/mol. The molecule has 110 valence electrons. The summed E-state index contributed by atoms with van der Waals surface area (Å²) in [4.78, 5) is 11.1. The Morgan fingerprint density at radius 1 is 1.18 bits per heavy atom. The monoisotopic (exact) mass is 293 g/mol. The Balaban J connectivity index is 1.63.